The Morgan fingerprint density at radius 2 is 1.79 bits per heavy atom. The van der Waals surface area contributed by atoms with Gasteiger partial charge in [-0.2, -0.15) is 0 Å². The molecule has 0 amide bonds. The Kier molecular flexibility index (Phi) is 8.24. The lowest BCUT2D eigenvalue weighted by Crippen LogP contribution is -2.30. The van der Waals surface area contributed by atoms with E-state index >= 15 is 0 Å². The number of benzene rings is 2. The van der Waals surface area contributed by atoms with Crippen LogP contribution < -0.4 is 20.1 Å². The van der Waals surface area contributed by atoms with Crippen LogP contribution in [0.1, 0.15) is 12.5 Å². The number of nitrogens with one attached hydrogen (secondary N) is 2. The van der Waals surface area contributed by atoms with Gasteiger partial charge in [-0.15, -0.1) is 0 Å². The molecular formula is C20H27N3O4S2. The van der Waals surface area contributed by atoms with E-state index in [0.717, 1.165) is 17.7 Å². The Bertz CT molecular complexity index is 929. The summed E-state index contributed by atoms with van der Waals surface area (Å²) in [5.41, 5.74) is 1.81. The largest absolute Gasteiger partial charge is 0.493 e. The average Bonchev–Trinajstić information content (AvgIpc) is 2.69. The van der Waals surface area contributed by atoms with Gasteiger partial charge in [0.15, 0.2) is 16.6 Å². The van der Waals surface area contributed by atoms with Gasteiger partial charge in [0.2, 0.25) is 10.0 Å². The van der Waals surface area contributed by atoms with E-state index in [1.54, 1.807) is 31.4 Å². The summed E-state index contributed by atoms with van der Waals surface area (Å²) >= 11 is 5.31. The van der Waals surface area contributed by atoms with E-state index in [0.29, 0.717) is 29.7 Å². The molecule has 0 heterocycles. The molecule has 0 aromatic heterocycles. The molecule has 0 aliphatic carbocycles. The zero-order chi connectivity index (χ0) is 21.4. The van der Waals surface area contributed by atoms with Gasteiger partial charge in [0, 0.05) is 26.3 Å². The molecule has 2 aromatic rings. The van der Waals surface area contributed by atoms with Crippen molar-refractivity contribution in [3.8, 4) is 11.5 Å². The maximum atomic E-state index is 12.1. The third-order valence-electron chi connectivity index (χ3n) is 4.12. The molecule has 2 aromatic carbocycles. The SMILES string of the molecule is CCOc1cc(CCNC(=S)Nc2ccc(S(=O)(=O)N(C)C)cc2)ccc1OC. The smallest absolute Gasteiger partial charge is 0.242 e. The van der Waals surface area contributed by atoms with Crippen molar-refractivity contribution < 1.29 is 17.9 Å². The van der Waals surface area contributed by atoms with Crippen molar-refractivity contribution in [2.75, 3.05) is 39.7 Å². The molecule has 0 saturated carbocycles. The van der Waals surface area contributed by atoms with E-state index in [2.05, 4.69) is 10.6 Å². The van der Waals surface area contributed by atoms with Gasteiger partial charge in [0.05, 0.1) is 18.6 Å². The average molecular weight is 438 g/mol. The van der Waals surface area contributed by atoms with Crippen LogP contribution in [0.25, 0.3) is 0 Å². The molecule has 158 valence electrons. The number of ether oxygens (including phenoxy) is 2. The summed E-state index contributed by atoms with van der Waals surface area (Å²) in [7, 11) is 1.18. The second-order valence-electron chi connectivity index (χ2n) is 6.36. The standard InChI is InChI=1S/C20H27N3O4S2/c1-5-27-19-14-15(6-11-18(19)26-4)12-13-21-20(28)22-16-7-9-17(10-8-16)29(24,25)23(2)3/h6-11,14H,5,12-13H2,1-4H3,(H2,21,22,28). The predicted octanol–water partition coefficient (Wildman–Crippen LogP) is 2.87. The highest BCUT2D eigenvalue weighted by atomic mass is 32.2. The molecular weight excluding hydrogens is 410 g/mol. The first kappa shape index (κ1) is 22.9. The maximum Gasteiger partial charge on any atom is 0.242 e. The van der Waals surface area contributed by atoms with E-state index in [9.17, 15) is 8.42 Å². The second kappa shape index (κ2) is 10.4. The second-order valence-corrected chi connectivity index (χ2v) is 8.92. The molecule has 0 radical (unpaired) electrons. The fraction of sp³-hybridized carbons (Fsp3) is 0.350. The van der Waals surface area contributed by atoms with Crippen LogP contribution >= 0.6 is 12.2 Å². The first-order chi connectivity index (χ1) is 13.8. The fourth-order valence-corrected chi connectivity index (χ4v) is 3.68. The Morgan fingerprint density at radius 1 is 1.10 bits per heavy atom. The highest BCUT2D eigenvalue weighted by Crippen LogP contribution is 2.28. The van der Waals surface area contributed by atoms with Gasteiger partial charge in [-0.3, -0.25) is 0 Å². The normalized spacial score (nSPS) is 11.2. The van der Waals surface area contributed by atoms with Crippen LogP contribution in [0.15, 0.2) is 47.4 Å². The van der Waals surface area contributed by atoms with E-state index in [1.165, 1.54) is 18.4 Å². The number of thiocarbonyl (C=S) groups is 1. The van der Waals surface area contributed by atoms with Gasteiger partial charge in [0.25, 0.3) is 0 Å². The van der Waals surface area contributed by atoms with Crippen LogP contribution in [-0.4, -0.2) is 52.2 Å². The molecule has 29 heavy (non-hydrogen) atoms. The van der Waals surface area contributed by atoms with Gasteiger partial charge < -0.3 is 20.1 Å². The third kappa shape index (κ3) is 6.31. The van der Waals surface area contributed by atoms with Crippen molar-refractivity contribution in [3.63, 3.8) is 0 Å². The molecule has 0 spiro atoms. The monoisotopic (exact) mass is 437 g/mol. The molecule has 0 aliphatic heterocycles. The zero-order valence-electron chi connectivity index (χ0n) is 17.1. The topological polar surface area (TPSA) is 79.9 Å². The van der Waals surface area contributed by atoms with E-state index in [-0.39, 0.29) is 4.90 Å². The number of rotatable bonds is 9. The molecule has 0 fully saturated rings. The number of sulfonamides is 1. The lowest BCUT2D eigenvalue weighted by Gasteiger charge is -2.14. The summed E-state index contributed by atoms with van der Waals surface area (Å²) in [5, 5.41) is 6.66. The van der Waals surface area contributed by atoms with Gasteiger partial charge in [0.1, 0.15) is 0 Å². The minimum Gasteiger partial charge on any atom is -0.493 e. The summed E-state index contributed by atoms with van der Waals surface area (Å²) in [6.07, 6.45) is 0.756. The van der Waals surface area contributed by atoms with Crippen LogP contribution in [-0.2, 0) is 16.4 Å². The molecule has 2 rings (SSSR count). The van der Waals surface area contributed by atoms with Crippen LogP contribution in [0.3, 0.4) is 0 Å². The molecule has 7 nitrogen and oxygen atoms in total. The molecule has 0 saturated heterocycles. The van der Waals surface area contributed by atoms with Crippen molar-refractivity contribution in [2.45, 2.75) is 18.2 Å². The molecule has 9 heteroatoms. The minimum atomic E-state index is -3.44. The Balaban J connectivity index is 1.88. The quantitative estimate of drug-likeness (QED) is 0.584. The van der Waals surface area contributed by atoms with E-state index in [4.69, 9.17) is 21.7 Å². The summed E-state index contributed by atoms with van der Waals surface area (Å²) in [6.45, 7) is 3.14. The number of anilines is 1. The van der Waals surface area contributed by atoms with Crippen molar-refractivity contribution in [2.24, 2.45) is 0 Å². The highest BCUT2D eigenvalue weighted by molar-refractivity contribution is 7.89. The van der Waals surface area contributed by atoms with Gasteiger partial charge in [-0.05, 0) is 67.5 Å². The van der Waals surface area contributed by atoms with Gasteiger partial charge >= 0.3 is 0 Å². The number of hydrogen-bond acceptors (Lipinski definition) is 5. The molecule has 0 aliphatic rings. The summed E-state index contributed by atoms with van der Waals surface area (Å²) < 4.78 is 36.3. The van der Waals surface area contributed by atoms with Crippen molar-refractivity contribution in [1.82, 2.24) is 9.62 Å². The fourth-order valence-electron chi connectivity index (χ4n) is 2.56. The van der Waals surface area contributed by atoms with Crippen LogP contribution in [0.2, 0.25) is 0 Å². The van der Waals surface area contributed by atoms with Crippen LogP contribution in [0, 0.1) is 0 Å². The number of hydrogen-bond donors (Lipinski definition) is 2. The molecule has 0 unspecified atom stereocenters. The maximum absolute atomic E-state index is 12.1. The zero-order valence-corrected chi connectivity index (χ0v) is 18.7. The molecule has 0 bridgehead atoms. The summed E-state index contributed by atoms with van der Waals surface area (Å²) in [4.78, 5) is 0.233. The first-order valence-electron chi connectivity index (χ1n) is 9.15. The lowest BCUT2D eigenvalue weighted by atomic mass is 10.1. The molecule has 0 atom stereocenters. The van der Waals surface area contributed by atoms with Crippen molar-refractivity contribution >= 4 is 33.0 Å². The van der Waals surface area contributed by atoms with Crippen LogP contribution in [0.5, 0.6) is 11.5 Å². The Hall–Kier alpha value is -2.36. The highest BCUT2D eigenvalue weighted by Gasteiger charge is 2.16. The lowest BCUT2D eigenvalue weighted by molar-refractivity contribution is 0.310. The van der Waals surface area contributed by atoms with Crippen LogP contribution in [0.4, 0.5) is 5.69 Å². The Morgan fingerprint density at radius 3 is 2.38 bits per heavy atom. The van der Waals surface area contributed by atoms with Crippen molar-refractivity contribution in [1.29, 1.82) is 0 Å². The summed E-state index contributed by atoms with van der Waals surface area (Å²) in [6, 6.07) is 12.3. The predicted molar refractivity (Wildman–Crippen MR) is 119 cm³/mol. The first-order valence-corrected chi connectivity index (χ1v) is 11.0. The third-order valence-corrected chi connectivity index (χ3v) is 6.19. The molecule has 2 N–H and O–H groups in total. The van der Waals surface area contributed by atoms with Gasteiger partial charge in [-0.25, -0.2) is 12.7 Å². The summed E-state index contributed by atoms with van der Waals surface area (Å²) in [5.74, 6) is 1.43. The number of methoxy groups -OCH3 is 1. The van der Waals surface area contributed by atoms with Crippen molar-refractivity contribution in [3.05, 3.63) is 48.0 Å². The van der Waals surface area contributed by atoms with E-state index < -0.39 is 10.0 Å². The van der Waals surface area contributed by atoms with Gasteiger partial charge in [-0.1, -0.05) is 6.07 Å². The van der Waals surface area contributed by atoms with E-state index in [1.807, 2.05) is 25.1 Å². The minimum absolute atomic E-state index is 0.233. The Labute approximate surface area is 178 Å². The number of nitrogens with zero attached hydrogens (tertiary/aromatic N) is 1.